The molecule has 0 aromatic heterocycles. The molecule has 1 aromatic rings. The van der Waals surface area contributed by atoms with Crippen LogP contribution in [0.25, 0.3) is 0 Å². The zero-order valence-corrected chi connectivity index (χ0v) is 19.0. The van der Waals surface area contributed by atoms with Gasteiger partial charge in [0, 0.05) is 0 Å². The molecule has 2 heteroatoms. The Bertz CT molecular complexity index is 551. The highest BCUT2D eigenvalue weighted by Crippen LogP contribution is 2.36. The Morgan fingerprint density at radius 1 is 0.690 bits per heavy atom. The average molecular weight is 396 g/mol. The summed E-state index contributed by atoms with van der Waals surface area (Å²) in [6.07, 6.45) is 23.5. The fourth-order valence-electron chi connectivity index (χ4n) is 4.52. The second-order valence-electron chi connectivity index (χ2n) is 8.73. The standard InChI is InChI=1S/C27H43N2/c1-3-5-7-8-9-10-11-12-16-20-26(27-28-21-22-29-27)25(19-6-4-2)23-24-17-14-13-15-18-24/h13-15,17-18,21-22,25-26H,3-12,16,19-20,23H2,1-2H3/q+1. The van der Waals surface area contributed by atoms with Crippen molar-refractivity contribution in [1.82, 2.24) is 0 Å². The maximum Gasteiger partial charge on any atom is 0.244 e. The summed E-state index contributed by atoms with van der Waals surface area (Å²) >= 11 is 0. The van der Waals surface area contributed by atoms with Crippen LogP contribution < -0.4 is 0 Å². The van der Waals surface area contributed by atoms with Crippen LogP contribution >= 0.6 is 0 Å². The second kappa shape index (κ2) is 15.3. The summed E-state index contributed by atoms with van der Waals surface area (Å²) in [6, 6.07) is 11.0. The molecule has 0 aliphatic carbocycles. The Labute approximate surface area is 180 Å². The van der Waals surface area contributed by atoms with E-state index in [2.05, 4.69) is 54.2 Å². The first-order chi connectivity index (χ1) is 14.3. The smallest absolute Gasteiger partial charge is 0.0965 e. The predicted octanol–water partition coefficient (Wildman–Crippen LogP) is 8.22. The SMILES string of the molecule is CCCCCCCCCCCC([C+]1N=CC=N1)C(CCCC)Cc1ccccc1. The van der Waals surface area contributed by atoms with E-state index in [4.69, 9.17) is 0 Å². The molecule has 2 atom stereocenters. The number of aliphatic imine (C=N–C) groups is 2. The first-order valence-electron chi connectivity index (χ1n) is 12.3. The summed E-state index contributed by atoms with van der Waals surface area (Å²) in [7, 11) is 0. The molecule has 0 saturated heterocycles. The van der Waals surface area contributed by atoms with Gasteiger partial charge in [0.15, 0.2) is 12.4 Å². The number of hydrogen-bond acceptors (Lipinski definition) is 2. The lowest BCUT2D eigenvalue weighted by atomic mass is 9.78. The van der Waals surface area contributed by atoms with Gasteiger partial charge in [-0.3, -0.25) is 0 Å². The maximum absolute atomic E-state index is 4.63. The van der Waals surface area contributed by atoms with E-state index in [1.807, 2.05) is 12.4 Å². The Hall–Kier alpha value is -1.57. The number of benzene rings is 1. The lowest BCUT2D eigenvalue weighted by Crippen LogP contribution is -2.22. The Morgan fingerprint density at radius 3 is 1.90 bits per heavy atom. The topological polar surface area (TPSA) is 24.7 Å². The summed E-state index contributed by atoms with van der Waals surface area (Å²) in [4.78, 5) is 9.27. The predicted molar refractivity (Wildman–Crippen MR) is 129 cm³/mol. The van der Waals surface area contributed by atoms with Gasteiger partial charge in [0.05, 0.1) is 5.92 Å². The van der Waals surface area contributed by atoms with Crippen molar-refractivity contribution in [3.8, 4) is 0 Å². The number of hydrogen-bond donors (Lipinski definition) is 0. The van der Waals surface area contributed by atoms with Gasteiger partial charge in [0.25, 0.3) is 0 Å². The summed E-state index contributed by atoms with van der Waals surface area (Å²) < 4.78 is 0. The molecular formula is C27H43N2+. The number of rotatable bonds is 17. The van der Waals surface area contributed by atoms with E-state index >= 15 is 0 Å². The Morgan fingerprint density at radius 2 is 1.28 bits per heavy atom. The zero-order chi connectivity index (χ0) is 20.6. The van der Waals surface area contributed by atoms with Crippen LogP contribution in [0.15, 0.2) is 40.3 Å². The largest absolute Gasteiger partial charge is 0.244 e. The van der Waals surface area contributed by atoms with E-state index in [-0.39, 0.29) is 0 Å². The highest BCUT2D eigenvalue weighted by molar-refractivity contribution is 6.18. The average Bonchev–Trinajstić information content (AvgIpc) is 3.28. The first kappa shape index (κ1) is 23.7. The van der Waals surface area contributed by atoms with Crippen LogP contribution in [0, 0.1) is 18.0 Å². The highest BCUT2D eigenvalue weighted by atomic mass is 15.0. The van der Waals surface area contributed by atoms with Gasteiger partial charge >= 0.3 is 0 Å². The van der Waals surface area contributed by atoms with Gasteiger partial charge in [-0.05, 0) is 30.7 Å². The minimum atomic E-state index is 0.501. The van der Waals surface area contributed by atoms with Crippen molar-refractivity contribution in [1.29, 1.82) is 0 Å². The van der Waals surface area contributed by atoms with Gasteiger partial charge in [-0.25, -0.2) is 0 Å². The van der Waals surface area contributed by atoms with Crippen LogP contribution in [0.3, 0.4) is 0 Å². The first-order valence-corrected chi connectivity index (χ1v) is 12.3. The third-order valence-corrected chi connectivity index (χ3v) is 6.27. The summed E-state index contributed by atoms with van der Waals surface area (Å²) in [5.41, 5.74) is 1.46. The van der Waals surface area contributed by atoms with E-state index < -0.39 is 0 Å². The van der Waals surface area contributed by atoms with Crippen molar-refractivity contribution < 1.29 is 0 Å². The van der Waals surface area contributed by atoms with Gasteiger partial charge in [-0.1, -0.05) is 125 Å². The third-order valence-electron chi connectivity index (χ3n) is 6.27. The fourth-order valence-corrected chi connectivity index (χ4v) is 4.52. The number of nitrogens with zero attached hydrogens (tertiary/aromatic N) is 2. The molecular weight excluding hydrogens is 352 g/mol. The monoisotopic (exact) mass is 395 g/mol. The zero-order valence-electron chi connectivity index (χ0n) is 19.0. The highest BCUT2D eigenvalue weighted by Gasteiger charge is 2.35. The molecule has 2 unspecified atom stereocenters. The van der Waals surface area contributed by atoms with E-state index in [1.54, 1.807) is 0 Å². The Balaban J connectivity index is 1.84. The quantitative estimate of drug-likeness (QED) is 0.187. The summed E-state index contributed by atoms with van der Waals surface area (Å²) in [6.45, 7) is 4.59. The number of unbranched alkanes of at least 4 members (excludes halogenated alkanes) is 9. The fraction of sp³-hybridized carbons (Fsp3) is 0.667. The molecule has 1 aliphatic rings. The summed E-state index contributed by atoms with van der Waals surface area (Å²) in [5.74, 6) is 1.15. The van der Waals surface area contributed by atoms with Crippen molar-refractivity contribution in [2.45, 2.75) is 104 Å². The molecule has 160 valence electrons. The summed E-state index contributed by atoms with van der Waals surface area (Å²) in [5, 5.41) is 0. The van der Waals surface area contributed by atoms with Gasteiger partial charge in [0.1, 0.15) is 0 Å². The second-order valence-corrected chi connectivity index (χ2v) is 8.73. The van der Waals surface area contributed by atoms with Crippen LogP contribution in [-0.4, -0.2) is 12.4 Å². The lowest BCUT2D eigenvalue weighted by molar-refractivity contribution is 0.286. The van der Waals surface area contributed by atoms with Crippen LogP contribution in [0.1, 0.15) is 103 Å². The van der Waals surface area contributed by atoms with Crippen LogP contribution in [0.2, 0.25) is 0 Å². The normalized spacial score (nSPS) is 15.2. The van der Waals surface area contributed by atoms with Crippen LogP contribution in [0.4, 0.5) is 0 Å². The van der Waals surface area contributed by atoms with Gasteiger partial charge < -0.3 is 0 Å². The maximum atomic E-state index is 4.63. The van der Waals surface area contributed by atoms with Crippen LogP contribution in [-0.2, 0) is 6.42 Å². The van der Waals surface area contributed by atoms with Crippen molar-refractivity contribution >= 4 is 12.4 Å². The molecule has 0 saturated carbocycles. The van der Waals surface area contributed by atoms with Crippen LogP contribution in [0.5, 0.6) is 0 Å². The van der Waals surface area contributed by atoms with E-state index in [0.29, 0.717) is 11.8 Å². The van der Waals surface area contributed by atoms with Crippen molar-refractivity contribution in [3.05, 3.63) is 42.1 Å². The molecule has 0 spiro atoms. The van der Waals surface area contributed by atoms with E-state index in [9.17, 15) is 0 Å². The minimum absolute atomic E-state index is 0.501. The van der Waals surface area contributed by atoms with E-state index in [1.165, 1.54) is 89.0 Å². The Kier molecular flexibility index (Phi) is 12.5. The van der Waals surface area contributed by atoms with Gasteiger partial charge in [-0.15, -0.1) is 0 Å². The minimum Gasteiger partial charge on any atom is -0.0965 e. The molecule has 0 bridgehead atoms. The molecule has 0 radical (unpaired) electrons. The van der Waals surface area contributed by atoms with Crippen molar-refractivity contribution in [2.75, 3.05) is 0 Å². The van der Waals surface area contributed by atoms with Gasteiger partial charge in [-0.2, -0.15) is 0 Å². The third kappa shape index (κ3) is 9.65. The molecule has 2 nitrogen and oxygen atoms in total. The molecule has 1 aromatic carbocycles. The molecule has 2 rings (SSSR count). The van der Waals surface area contributed by atoms with Gasteiger partial charge in [0.2, 0.25) is 6.17 Å². The molecule has 29 heavy (non-hydrogen) atoms. The molecule has 1 heterocycles. The molecule has 0 amide bonds. The molecule has 0 N–H and O–H groups in total. The van der Waals surface area contributed by atoms with E-state index in [0.717, 1.165) is 12.6 Å². The molecule has 0 fully saturated rings. The van der Waals surface area contributed by atoms with Crippen molar-refractivity contribution in [2.24, 2.45) is 21.8 Å². The van der Waals surface area contributed by atoms with Crippen molar-refractivity contribution in [3.63, 3.8) is 0 Å². The molecule has 1 aliphatic heterocycles. The lowest BCUT2D eigenvalue weighted by Gasteiger charge is -2.26.